The van der Waals surface area contributed by atoms with Gasteiger partial charge in [0.2, 0.25) is 11.1 Å². The average molecular weight is 405 g/mol. The molecule has 0 aliphatic rings. The van der Waals surface area contributed by atoms with E-state index in [1.54, 1.807) is 12.1 Å². The Hall–Kier alpha value is -3.14. The van der Waals surface area contributed by atoms with Crippen molar-refractivity contribution >= 4 is 23.4 Å². The number of para-hydroxylation sites is 1. The van der Waals surface area contributed by atoms with Crippen LogP contribution in [0.5, 0.6) is 5.75 Å². The highest BCUT2D eigenvalue weighted by molar-refractivity contribution is 7.99. The predicted octanol–water partition coefficient (Wildman–Crippen LogP) is 2.97. The number of hydrogen-bond acceptors (Lipinski definition) is 6. The number of amides is 1. The number of hydrogen-bond donors (Lipinski definition) is 2. The molecule has 146 valence electrons. The number of nitrogens with zero attached hydrogens (tertiary/aromatic N) is 3. The Morgan fingerprint density at radius 1 is 1.14 bits per heavy atom. The van der Waals surface area contributed by atoms with Gasteiger partial charge in [0.15, 0.2) is 5.82 Å². The molecule has 28 heavy (non-hydrogen) atoms. The molecule has 0 unspecified atom stereocenters. The molecule has 3 N–H and O–H groups in total. The summed E-state index contributed by atoms with van der Waals surface area (Å²) in [7, 11) is 0. The summed E-state index contributed by atoms with van der Waals surface area (Å²) in [5, 5.41) is 10.8. The SMILES string of the molecule is Nn1c(COc2ccc(F)cc2)nnc1SCCC(=O)Nc1ccccc1F. The van der Waals surface area contributed by atoms with Crippen molar-refractivity contribution in [2.75, 3.05) is 16.9 Å². The number of thioether (sulfide) groups is 1. The number of rotatable bonds is 8. The van der Waals surface area contributed by atoms with Crippen LogP contribution in [0.15, 0.2) is 53.7 Å². The zero-order chi connectivity index (χ0) is 19.9. The van der Waals surface area contributed by atoms with Gasteiger partial charge in [0.25, 0.3) is 0 Å². The van der Waals surface area contributed by atoms with Gasteiger partial charge in [-0.3, -0.25) is 4.79 Å². The third kappa shape index (κ3) is 5.19. The van der Waals surface area contributed by atoms with Gasteiger partial charge in [0.05, 0.1) is 5.69 Å². The molecule has 0 saturated heterocycles. The molecule has 2 aromatic carbocycles. The summed E-state index contributed by atoms with van der Waals surface area (Å²) in [5.41, 5.74) is 0.139. The summed E-state index contributed by atoms with van der Waals surface area (Å²) < 4.78 is 33.2. The molecule has 0 saturated carbocycles. The van der Waals surface area contributed by atoms with Crippen molar-refractivity contribution < 1.29 is 18.3 Å². The highest BCUT2D eigenvalue weighted by atomic mass is 32.2. The molecule has 0 aliphatic carbocycles. The maximum atomic E-state index is 13.5. The first kappa shape index (κ1) is 19.6. The van der Waals surface area contributed by atoms with Gasteiger partial charge in [-0.15, -0.1) is 10.2 Å². The Labute approximate surface area is 163 Å². The van der Waals surface area contributed by atoms with Gasteiger partial charge >= 0.3 is 0 Å². The van der Waals surface area contributed by atoms with Crippen molar-refractivity contribution in [2.24, 2.45) is 0 Å². The summed E-state index contributed by atoms with van der Waals surface area (Å²) in [6.07, 6.45) is 0.146. The van der Waals surface area contributed by atoms with E-state index in [1.807, 2.05) is 0 Å². The van der Waals surface area contributed by atoms with E-state index in [0.29, 0.717) is 22.5 Å². The number of nitrogen functional groups attached to an aromatic ring is 1. The lowest BCUT2D eigenvalue weighted by Crippen LogP contribution is -2.16. The van der Waals surface area contributed by atoms with Crippen LogP contribution in [0.1, 0.15) is 12.2 Å². The van der Waals surface area contributed by atoms with Crippen molar-refractivity contribution in [3.8, 4) is 5.75 Å². The number of halogens is 2. The lowest BCUT2D eigenvalue weighted by atomic mass is 10.3. The van der Waals surface area contributed by atoms with Crippen molar-refractivity contribution in [2.45, 2.75) is 18.2 Å². The number of benzene rings is 2. The van der Waals surface area contributed by atoms with Gasteiger partial charge in [-0.2, -0.15) is 0 Å². The maximum absolute atomic E-state index is 13.5. The second-order valence-corrected chi connectivity index (χ2v) is 6.70. The predicted molar refractivity (Wildman–Crippen MR) is 101 cm³/mol. The van der Waals surface area contributed by atoms with Gasteiger partial charge in [-0.05, 0) is 36.4 Å². The Morgan fingerprint density at radius 2 is 1.89 bits per heavy atom. The number of aromatic nitrogens is 3. The maximum Gasteiger partial charge on any atom is 0.225 e. The minimum atomic E-state index is -0.490. The molecule has 0 bridgehead atoms. The van der Waals surface area contributed by atoms with Gasteiger partial charge in [0.1, 0.15) is 24.0 Å². The number of ether oxygens (including phenoxy) is 1. The monoisotopic (exact) mass is 405 g/mol. The molecule has 1 aromatic heterocycles. The summed E-state index contributed by atoms with van der Waals surface area (Å²) in [5.74, 6) is 6.01. The molecule has 10 heteroatoms. The Morgan fingerprint density at radius 3 is 2.64 bits per heavy atom. The van der Waals surface area contributed by atoms with Crippen molar-refractivity contribution in [3.63, 3.8) is 0 Å². The highest BCUT2D eigenvalue weighted by Gasteiger charge is 2.12. The first-order valence-corrected chi connectivity index (χ1v) is 9.26. The van der Waals surface area contributed by atoms with E-state index in [0.717, 1.165) is 0 Å². The van der Waals surface area contributed by atoms with E-state index in [1.165, 1.54) is 52.8 Å². The molecular weight excluding hydrogens is 388 g/mol. The topological polar surface area (TPSA) is 95.1 Å². The smallest absolute Gasteiger partial charge is 0.225 e. The lowest BCUT2D eigenvalue weighted by Gasteiger charge is -2.07. The van der Waals surface area contributed by atoms with Crippen molar-refractivity contribution in [3.05, 3.63) is 66.0 Å². The van der Waals surface area contributed by atoms with Crippen molar-refractivity contribution in [1.82, 2.24) is 14.9 Å². The molecule has 1 heterocycles. The van der Waals surface area contributed by atoms with Crippen LogP contribution in [0.3, 0.4) is 0 Å². The van der Waals surface area contributed by atoms with E-state index in [2.05, 4.69) is 15.5 Å². The van der Waals surface area contributed by atoms with E-state index in [-0.39, 0.29) is 30.4 Å². The van der Waals surface area contributed by atoms with E-state index in [9.17, 15) is 13.6 Å². The van der Waals surface area contributed by atoms with Gasteiger partial charge in [0, 0.05) is 12.2 Å². The second kappa shape index (κ2) is 9.18. The van der Waals surface area contributed by atoms with Crippen LogP contribution in [0, 0.1) is 11.6 Å². The van der Waals surface area contributed by atoms with Crippen LogP contribution in [-0.4, -0.2) is 26.5 Å². The van der Waals surface area contributed by atoms with Crippen LogP contribution in [0.2, 0.25) is 0 Å². The number of anilines is 1. The number of carbonyl (C=O) groups is 1. The highest BCUT2D eigenvalue weighted by Crippen LogP contribution is 2.18. The molecule has 3 aromatic rings. The van der Waals surface area contributed by atoms with E-state index in [4.69, 9.17) is 10.6 Å². The summed E-state index contributed by atoms with van der Waals surface area (Å²) >= 11 is 1.24. The van der Waals surface area contributed by atoms with Gasteiger partial charge < -0.3 is 15.9 Å². The zero-order valence-corrected chi connectivity index (χ0v) is 15.5. The lowest BCUT2D eigenvalue weighted by molar-refractivity contribution is -0.115. The number of nitrogens with two attached hydrogens (primary N) is 1. The Bertz CT molecular complexity index is 949. The van der Waals surface area contributed by atoms with Crippen LogP contribution in [0.25, 0.3) is 0 Å². The van der Waals surface area contributed by atoms with E-state index >= 15 is 0 Å². The fraction of sp³-hybridized carbons (Fsp3) is 0.167. The summed E-state index contributed by atoms with van der Waals surface area (Å²) in [6, 6.07) is 11.5. The van der Waals surface area contributed by atoms with E-state index < -0.39 is 5.82 Å². The minimum absolute atomic E-state index is 0.0590. The van der Waals surface area contributed by atoms with Gasteiger partial charge in [-0.25, -0.2) is 13.5 Å². The van der Waals surface area contributed by atoms with Crippen LogP contribution < -0.4 is 15.9 Å². The molecular formula is C18H17F2N5O2S. The first-order chi connectivity index (χ1) is 13.5. The normalized spacial score (nSPS) is 10.6. The molecule has 0 atom stereocenters. The fourth-order valence-corrected chi connectivity index (χ4v) is 3.01. The zero-order valence-electron chi connectivity index (χ0n) is 14.6. The molecule has 0 radical (unpaired) electrons. The quantitative estimate of drug-likeness (QED) is 0.442. The number of carbonyl (C=O) groups excluding carboxylic acids is 1. The molecule has 7 nitrogen and oxygen atoms in total. The van der Waals surface area contributed by atoms with Crippen LogP contribution >= 0.6 is 11.8 Å². The van der Waals surface area contributed by atoms with Gasteiger partial charge in [-0.1, -0.05) is 23.9 Å². The molecule has 3 rings (SSSR count). The van der Waals surface area contributed by atoms with Crippen LogP contribution in [0.4, 0.5) is 14.5 Å². The second-order valence-electron chi connectivity index (χ2n) is 5.64. The molecule has 1 amide bonds. The molecule has 0 aliphatic heterocycles. The molecule has 0 fully saturated rings. The Kier molecular flexibility index (Phi) is 6.43. The summed E-state index contributed by atoms with van der Waals surface area (Å²) in [4.78, 5) is 11.9. The standard InChI is InChI=1S/C18H17F2N5O2S/c19-12-5-7-13(8-6-12)27-11-16-23-24-18(25(16)21)28-10-9-17(26)22-15-4-2-1-3-14(15)20/h1-8H,9-11,21H2,(H,22,26). The largest absolute Gasteiger partial charge is 0.486 e. The Balaban J connectivity index is 1.47. The first-order valence-electron chi connectivity index (χ1n) is 8.28. The third-order valence-corrected chi connectivity index (χ3v) is 4.57. The fourth-order valence-electron chi connectivity index (χ4n) is 2.19. The minimum Gasteiger partial charge on any atom is -0.486 e. The van der Waals surface area contributed by atoms with Crippen molar-refractivity contribution in [1.29, 1.82) is 0 Å². The number of nitrogens with one attached hydrogen (secondary N) is 1. The van der Waals surface area contributed by atoms with Crippen LogP contribution in [-0.2, 0) is 11.4 Å². The summed E-state index contributed by atoms with van der Waals surface area (Å²) in [6.45, 7) is 0.0590. The molecule has 0 spiro atoms. The third-order valence-electron chi connectivity index (χ3n) is 3.62. The average Bonchev–Trinajstić information content (AvgIpc) is 3.03.